The van der Waals surface area contributed by atoms with Crippen molar-refractivity contribution in [2.24, 2.45) is 0 Å². The van der Waals surface area contributed by atoms with E-state index in [2.05, 4.69) is 20.9 Å². The highest BCUT2D eigenvalue weighted by atomic mass is 79.9. The van der Waals surface area contributed by atoms with Crippen molar-refractivity contribution < 1.29 is 14.7 Å². The Morgan fingerprint density at radius 1 is 1.53 bits per heavy atom. The van der Waals surface area contributed by atoms with E-state index in [4.69, 9.17) is 5.11 Å². The van der Waals surface area contributed by atoms with Gasteiger partial charge in [-0.1, -0.05) is 6.07 Å². The fourth-order valence-corrected chi connectivity index (χ4v) is 3.37. The molecule has 5 nitrogen and oxygen atoms in total. The molecule has 2 rings (SSSR count). The summed E-state index contributed by atoms with van der Waals surface area (Å²) in [6, 6.07) is 4.88. The molecule has 1 aromatic rings. The number of pyridine rings is 1. The van der Waals surface area contributed by atoms with Crippen molar-refractivity contribution in [3.63, 3.8) is 0 Å². The number of carbonyl (C=O) groups is 2. The summed E-state index contributed by atoms with van der Waals surface area (Å²) in [6.45, 7) is 0.565. The quantitative estimate of drug-likeness (QED) is 0.847. The van der Waals surface area contributed by atoms with E-state index in [-0.39, 0.29) is 18.4 Å². The molecule has 0 saturated carbocycles. The molecular weight excluding hydrogens is 332 g/mol. The number of aliphatic carboxylic acids is 1. The number of carboxylic acid groups (broad SMARTS) is 1. The number of aromatic nitrogens is 1. The maximum atomic E-state index is 12.4. The van der Waals surface area contributed by atoms with Crippen LogP contribution >= 0.6 is 27.7 Å². The van der Waals surface area contributed by atoms with Crippen LogP contribution in [0.4, 0.5) is 0 Å². The summed E-state index contributed by atoms with van der Waals surface area (Å²) in [6.07, 6.45) is -0.0211. The zero-order valence-corrected chi connectivity index (χ0v) is 12.5. The highest BCUT2D eigenvalue weighted by molar-refractivity contribution is 9.10. The lowest BCUT2D eigenvalue weighted by molar-refractivity contribution is -0.138. The van der Waals surface area contributed by atoms with Gasteiger partial charge in [0.2, 0.25) is 0 Å². The maximum Gasteiger partial charge on any atom is 0.305 e. The summed E-state index contributed by atoms with van der Waals surface area (Å²) in [7, 11) is 0. The third-order valence-corrected chi connectivity index (χ3v) is 4.37. The molecule has 1 fully saturated rings. The van der Waals surface area contributed by atoms with Gasteiger partial charge in [-0.2, -0.15) is 11.8 Å². The molecule has 1 aromatic heterocycles. The molecule has 1 N–H and O–H groups in total. The number of amides is 1. The molecular formula is C12H13BrN2O3S. The first kappa shape index (κ1) is 14.3. The molecule has 1 saturated heterocycles. The van der Waals surface area contributed by atoms with Crippen molar-refractivity contribution >= 4 is 39.6 Å². The van der Waals surface area contributed by atoms with Crippen LogP contribution in [-0.4, -0.2) is 51.0 Å². The monoisotopic (exact) mass is 344 g/mol. The van der Waals surface area contributed by atoms with Crippen LogP contribution in [0.5, 0.6) is 0 Å². The minimum Gasteiger partial charge on any atom is -0.481 e. The van der Waals surface area contributed by atoms with Gasteiger partial charge in [-0.25, -0.2) is 4.98 Å². The number of carboxylic acids is 1. The lowest BCUT2D eigenvalue weighted by Crippen LogP contribution is -2.47. The van der Waals surface area contributed by atoms with Crippen molar-refractivity contribution in [3.8, 4) is 0 Å². The van der Waals surface area contributed by atoms with E-state index >= 15 is 0 Å². The van der Waals surface area contributed by atoms with Crippen LogP contribution in [0.15, 0.2) is 22.8 Å². The predicted molar refractivity (Wildman–Crippen MR) is 76.3 cm³/mol. The van der Waals surface area contributed by atoms with Gasteiger partial charge in [-0.15, -0.1) is 0 Å². The number of hydrogen-bond donors (Lipinski definition) is 1. The molecule has 0 aromatic carbocycles. The fraction of sp³-hybridized carbons (Fsp3) is 0.417. The van der Waals surface area contributed by atoms with Crippen LogP contribution in [0.2, 0.25) is 0 Å². The first-order chi connectivity index (χ1) is 9.08. The van der Waals surface area contributed by atoms with Gasteiger partial charge in [0.15, 0.2) is 0 Å². The topological polar surface area (TPSA) is 70.5 Å². The van der Waals surface area contributed by atoms with Gasteiger partial charge < -0.3 is 10.0 Å². The number of rotatable bonds is 3. The van der Waals surface area contributed by atoms with Gasteiger partial charge in [-0.3, -0.25) is 9.59 Å². The molecule has 102 valence electrons. The Morgan fingerprint density at radius 2 is 2.32 bits per heavy atom. The average Bonchev–Trinajstić information content (AvgIpc) is 2.38. The Morgan fingerprint density at radius 3 is 3.00 bits per heavy atom. The third kappa shape index (κ3) is 3.70. The summed E-state index contributed by atoms with van der Waals surface area (Å²) < 4.78 is 0.597. The zero-order chi connectivity index (χ0) is 13.8. The first-order valence-corrected chi connectivity index (χ1v) is 7.76. The van der Waals surface area contributed by atoms with Crippen molar-refractivity contribution in [2.75, 3.05) is 18.1 Å². The van der Waals surface area contributed by atoms with E-state index in [0.717, 1.165) is 5.75 Å². The third-order valence-electron chi connectivity index (χ3n) is 2.83. The summed E-state index contributed by atoms with van der Waals surface area (Å²) in [5.74, 6) is 0.405. The number of hydrogen-bond acceptors (Lipinski definition) is 4. The number of carbonyl (C=O) groups excluding carboxylic acids is 1. The number of halogens is 1. The van der Waals surface area contributed by atoms with Crippen molar-refractivity contribution in [1.82, 2.24) is 9.88 Å². The van der Waals surface area contributed by atoms with E-state index < -0.39 is 5.97 Å². The largest absolute Gasteiger partial charge is 0.481 e. The van der Waals surface area contributed by atoms with E-state index in [0.29, 0.717) is 22.6 Å². The van der Waals surface area contributed by atoms with Gasteiger partial charge in [0.25, 0.3) is 5.91 Å². The van der Waals surface area contributed by atoms with Gasteiger partial charge in [-0.05, 0) is 28.1 Å². The second-order valence-electron chi connectivity index (χ2n) is 4.17. The molecule has 7 heteroatoms. The average molecular weight is 345 g/mol. The standard InChI is InChI=1S/C12H13BrN2O3S/c13-10-3-1-2-9(14-10)12(18)15-4-5-19-7-8(15)6-11(16)17/h1-3,8H,4-7H2,(H,16,17). The molecule has 1 aliphatic heterocycles. The Labute approximate surface area is 123 Å². The second kappa shape index (κ2) is 6.38. The Hall–Kier alpha value is -1.08. The van der Waals surface area contributed by atoms with Crippen LogP contribution in [0, 0.1) is 0 Å². The van der Waals surface area contributed by atoms with Crippen molar-refractivity contribution in [3.05, 3.63) is 28.5 Å². The van der Waals surface area contributed by atoms with Crippen LogP contribution in [-0.2, 0) is 4.79 Å². The van der Waals surface area contributed by atoms with Crippen LogP contribution in [0.25, 0.3) is 0 Å². The van der Waals surface area contributed by atoms with Crippen LogP contribution < -0.4 is 0 Å². The minimum atomic E-state index is -0.882. The second-order valence-corrected chi connectivity index (χ2v) is 6.13. The van der Waals surface area contributed by atoms with E-state index in [1.165, 1.54) is 0 Å². The molecule has 0 aliphatic carbocycles. The normalized spacial score (nSPS) is 19.2. The van der Waals surface area contributed by atoms with E-state index in [1.807, 2.05) is 0 Å². The minimum absolute atomic E-state index is 0.0211. The van der Waals surface area contributed by atoms with Crippen LogP contribution in [0.3, 0.4) is 0 Å². The Balaban J connectivity index is 2.17. The first-order valence-electron chi connectivity index (χ1n) is 5.81. The molecule has 0 radical (unpaired) electrons. The lowest BCUT2D eigenvalue weighted by atomic mass is 10.1. The van der Waals surface area contributed by atoms with E-state index in [9.17, 15) is 9.59 Å². The highest BCUT2D eigenvalue weighted by Crippen LogP contribution is 2.21. The predicted octanol–water partition coefficient (Wildman–Crippen LogP) is 1.88. The summed E-state index contributed by atoms with van der Waals surface area (Å²) in [4.78, 5) is 29.0. The molecule has 0 bridgehead atoms. The smallest absolute Gasteiger partial charge is 0.305 e. The molecule has 2 heterocycles. The Bertz CT molecular complexity index is 498. The summed E-state index contributed by atoms with van der Waals surface area (Å²) in [5.41, 5.74) is 0.344. The molecule has 1 amide bonds. The molecule has 19 heavy (non-hydrogen) atoms. The number of nitrogens with zero attached hydrogens (tertiary/aromatic N) is 2. The molecule has 1 atom stereocenters. The summed E-state index contributed by atoms with van der Waals surface area (Å²) >= 11 is 4.91. The van der Waals surface area contributed by atoms with E-state index in [1.54, 1.807) is 34.9 Å². The fourth-order valence-electron chi connectivity index (χ4n) is 1.97. The SMILES string of the molecule is O=C(O)CC1CSCCN1C(=O)c1cccc(Br)n1. The van der Waals surface area contributed by atoms with Gasteiger partial charge in [0, 0.05) is 18.1 Å². The number of thioether (sulfide) groups is 1. The van der Waals surface area contributed by atoms with Gasteiger partial charge in [0.05, 0.1) is 12.5 Å². The van der Waals surface area contributed by atoms with Crippen molar-refractivity contribution in [1.29, 1.82) is 0 Å². The van der Waals surface area contributed by atoms with Gasteiger partial charge in [0.1, 0.15) is 10.3 Å². The maximum absolute atomic E-state index is 12.4. The van der Waals surface area contributed by atoms with Gasteiger partial charge >= 0.3 is 5.97 Å². The lowest BCUT2D eigenvalue weighted by Gasteiger charge is -2.34. The molecule has 0 spiro atoms. The highest BCUT2D eigenvalue weighted by Gasteiger charge is 2.30. The van der Waals surface area contributed by atoms with Crippen LogP contribution in [0.1, 0.15) is 16.9 Å². The summed E-state index contributed by atoms with van der Waals surface area (Å²) in [5, 5.41) is 8.91. The molecule has 1 unspecified atom stereocenters. The Kier molecular flexibility index (Phi) is 4.81. The molecule has 1 aliphatic rings. The van der Waals surface area contributed by atoms with Crippen molar-refractivity contribution in [2.45, 2.75) is 12.5 Å². The zero-order valence-electron chi connectivity index (χ0n) is 10.1.